The molecule has 3 heteroatoms. The fourth-order valence-electron chi connectivity index (χ4n) is 0.922. The van der Waals surface area contributed by atoms with Gasteiger partial charge in [0.05, 0.1) is 5.25 Å². The lowest BCUT2D eigenvalue weighted by atomic mass is 10.1. The third-order valence-electron chi connectivity index (χ3n) is 1.64. The molecule has 0 aliphatic heterocycles. The molecule has 0 saturated carbocycles. The van der Waals surface area contributed by atoms with Gasteiger partial charge >= 0.3 is 0 Å². The summed E-state index contributed by atoms with van der Waals surface area (Å²) < 4.78 is 0. The van der Waals surface area contributed by atoms with Gasteiger partial charge in [-0.15, -0.1) is 0 Å². The first-order valence-corrected chi connectivity index (χ1v) is 4.46. The van der Waals surface area contributed by atoms with Crippen molar-refractivity contribution >= 4 is 24.2 Å². The van der Waals surface area contributed by atoms with E-state index in [0.717, 1.165) is 0 Å². The Hall–Kier alpha value is -1.09. The average Bonchev–Trinajstić information content (AvgIpc) is 2.17. The van der Waals surface area contributed by atoms with E-state index in [4.69, 9.17) is 0 Å². The Morgan fingerprint density at radius 1 is 1.23 bits per heavy atom. The summed E-state index contributed by atoms with van der Waals surface area (Å²) in [6.45, 7) is 1.59. The Bertz CT molecular complexity index is 317. The van der Waals surface area contributed by atoms with Crippen molar-refractivity contribution in [1.82, 2.24) is 0 Å². The normalized spacial score (nSPS) is 12.2. The van der Waals surface area contributed by atoms with Gasteiger partial charge in [-0.05, 0) is 6.92 Å². The zero-order chi connectivity index (χ0) is 9.84. The lowest BCUT2D eigenvalue weighted by Gasteiger charge is -2.01. The second-order valence-corrected chi connectivity index (χ2v) is 3.51. The summed E-state index contributed by atoms with van der Waals surface area (Å²) in [5.41, 5.74) is 0.424. The molecule has 0 bridgehead atoms. The molecule has 0 radical (unpaired) electrons. The minimum absolute atomic E-state index is 0.424. The van der Waals surface area contributed by atoms with Gasteiger partial charge in [-0.3, -0.25) is 9.59 Å². The van der Waals surface area contributed by atoms with Crippen molar-refractivity contribution in [2.24, 2.45) is 0 Å². The predicted molar refractivity (Wildman–Crippen MR) is 54.2 cm³/mol. The minimum atomic E-state index is -0.535. The molecule has 1 rings (SSSR count). The Kier molecular flexibility index (Phi) is 3.25. The molecule has 0 heterocycles. The third kappa shape index (κ3) is 2.42. The van der Waals surface area contributed by atoms with E-state index in [-0.39, 0.29) is 0 Å². The van der Waals surface area contributed by atoms with Crippen molar-refractivity contribution in [1.29, 1.82) is 0 Å². The van der Waals surface area contributed by atoms with Crippen molar-refractivity contribution in [3.63, 3.8) is 0 Å². The van der Waals surface area contributed by atoms with E-state index in [9.17, 15) is 9.59 Å². The van der Waals surface area contributed by atoms with Crippen molar-refractivity contribution in [3.8, 4) is 0 Å². The number of benzene rings is 1. The number of carbonyl (C=O) groups is 2. The van der Waals surface area contributed by atoms with E-state index in [1.165, 1.54) is 0 Å². The highest BCUT2D eigenvalue weighted by Gasteiger charge is 2.19. The smallest absolute Gasteiger partial charge is 0.229 e. The van der Waals surface area contributed by atoms with Crippen LogP contribution in [0.4, 0.5) is 0 Å². The molecular formula is C10H10O2S. The first kappa shape index (κ1) is 9.99. The molecular weight excluding hydrogens is 184 g/mol. The number of hydrogen-bond acceptors (Lipinski definition) is 3. The van der Waals surface area contributed by atoms with Crippen LogP contribution in [0.2, 0.25) is 0 Å². The second-order valence-electron chi connectivity index (χ2n) is 2.74. The maximum absolute atomic E-state index is 11.4. The molecule has 13 heavy (non-hydrogen) atoms. The zero-order valence-electron chi connectivity index (χ0n) is 7.23. The largest absolute Gasteiger partial charge is 0.289 e. The molecule has 1 aromatic carbocycles. The topological polar surface area (TPSA) is 34.1 Å². The van der Waals surface area contributed by atoms with Gasteiger partial charge in [0.2, 0.25) is 11.6 Å². The van der Waals surface area contributed by atoms with Gasteiger partial charge in [0.25, 0.3) is 0 Å². The van der Waals surface area contributed by atoms with E-state index in [2.05, 4.69) is 12.6 Å². The second kappa shape index (κ2) is 4.23. The number of Topliss-reactive ketones (excluding diaryl/α,β-unsaturated/α-hetero) is 2. The third-order valence-corrected chi connectivity index (χ3v) is 1.87. The Morgan fingerprint density at radius 2 is 1.77 bits per heavy atom. The lowest BCUT2D eigenvalue weighted by Crippen LogP contribution is -2.21. The Morgan fingerprint density at radius 3 is 2.23 bits per heavy atom. The van der Waals surface area contributed by atoms with Crippen LogP contribution in [0.15, 0.2) is 30.3 Å². The van der Waals surface area contributed by atoms with Crippen LogP contribution in [0.5, 0.6) is 0 Å². The molecule has 1 atom stereocenters. The zero-order valence-corrected chi connectivity index (χ0v) is 8.12. The fourth-order valence-corrected chi connectivity index (χ4v) is 1.04. The maximum atomic E-state index is 11.4. The van der Waals surface area contributed by atoms with Crippen LogP contribution in [0.1, 0.15) is 17.3 Å². The van der Waals surface area contributed by atoms with E-state index < -0.39 is 16.8 Å². The number of hydrogen-bond donors (Lipinski definition) is 1. The highest BCUT2D eigenvalue weighted by atomic mass is 32.1. The fraction of sp³-hybridized carbons (Fsp3) is 0.200. The van der Waals surface area contributed by atoms with E-state index in [0.29, 0.717) is 5.56 Å². The molecule has 1 aromatic rings. The van der Waals surface area contributed by atoms with E-state index in [1.807, 2.05) is 0 Å². The van der Waals surface area contributed by atoms with Crippen molar-refractivity contribution in [2.75, 3.05) is 0 Å². The lowest BCUT2D eigenvalue weighted by molar-refractivity contribution is -0.114. The summed E-state index contributed by atoms with van der Waals surface area (Å²) >= 11 is 3.91. The monoisotopic (exact) mass is 194 g/mol. The van der Waals surface area contributed by atoms with Crippen molar-refractivity contribution in [2.45, 2.75) is 12.2 Å². The first-order chi connectivity index (χ1) is 6.13. The first-order valence-electron chi connectivity index (χ1n) is 3.94. The standard InChI is InChI=1S/C10H10O2S/c1-7(13)9(11)10(12)8-5-3-2-4-6-8/h2-7,13H,1H3. The SMILES string of the molecule is CC(S)C(=O)C(=O)c1ccccc1. The van der Waals surface area contributed by atoms with Gasteiger partial charge in [-0.25, -0.2) is 0 Å². The summed E-state index contributed by atoms with van der Waals surface area (Å²) in [6.07, 6.45) is 0. The minimum Gasteiger partial charge on any atom is -0.289 e. The predicted octanol–water partition coefficient (Wildman–Crippen LogP) is 1.76. The van der Waals surface area contributed by atoms with Crippen LogP contribution < -0.4 is 0 Å². The molecule has 0 saturated heterocycles. The molecule has 0 aromatic heterocycles. The van der Waals surface area contributed by atoms with Gasteiger partial charge in [-0.2, -0.15) is 12.6 Å². The van der Waals surface area contributed by atoms with Gasteiger partial charge in [0.15, 0.2) is 0 Å². The molecule has 1 unspecified atom stereocenters. The number of thiol groups is 1. The number of ketones is 2. The van der Waals surface area contributed by atoms with Crippen molar-refractivity contribution in [3.05, 3.63) is 35.9 Å². The molecule has 0 fully saturated rings. The van der Waals surface area contributed by atoms with Gasteiger partial charge in [0.1, 0.15) is 0 Å². The summed E-state index contributed by atoms with van der Waals surface area (Å²) in [7, 11) is 0. The van der Waals surface area contributed by atoms with Crippen LogP contribution in [0.3, 0.4) is 0 Å². The molecule has 0 N–H and O–H groups in total. The number of carbonyl (C=O) groups excluding carboxylic acids is 2. The molecule has 68 valence electrons. The van der Waals surface area contributed by atoms with Crippen molar-refractivity contribution < 1.29 is 9.59 Å². The average molecular weight is 194 g/mol. The molecule has 0 aliphatic carbocycles. The number of rotatable bonds is 3. The summed E-state index contributed by atoms with van der Waals surface area (Å²) in [5.74, 6) is -0.933. The molecule has 0 amide bonds. The Balaban J connectivity index is 2.87. The molecule has 0 spiro atoms. The molecule has 0 aliphatic rings. The van der Waals surface area contributed by atoms with Crippen LogP contribution in [0, 0.1) is 0 Å². The van der Waals surface area contributed by atoms with Gasteiger partial charge < -0.3 is 0 Å². The highest BCUT2D eigenvalue weighted by molar-refractivity contribution is 7.82. The van der Waals surface area contributed by atoms with E-state index >= 15 is 0 Å². The quantitative estimate of drug-likeness (QED) is 0.452. The summed E-state index contributed by atoms with van der Waals surface area (Å²) in [6, 6.07) is 8.49. The Labute approximate surface area is 82.4 Å². The van der Waals surface area contributed by atoms with E-state index in [1.54, 1.807) is 37.3 Å². The summed E-state index contributed by atoms with van der Waals surface area (Å²) in [5, 5.41) is -0.535. The van der Waals surface area contributed by atoms with Crippen LogP contribution in [-0.4, -0.2) is 16.8 Å². The molecule has 2 nitrogen and oxygen atoms in total. The summed E-state index contributed by atoms with van der Waals surface area (Å²) in [4.78, 5) is 22.6. The highest BCUT2D eigenvalue weighted by Crippen LogP contribution is 2.05. The van der Waals surface area contributed by atoms with Crippen LogP contribution in [0.25, 0.3) is 0 Å². The van der Waals surface area contributed by atoms with Crippen LogP contribution >= 0.6 is 12.6 Å². The van der Waals surface area contributed by atoms with Crippen LogP contribution in [-0.2, 0) is 4.79 Å². The maximum Gasteiger partial charge on any atom is 0.229 e. The van der Waals surface area contributed by atoms with Gasteiger partial charge in [-0.1, -0.05) is 30.3 Å². The van der Waals surface area contributed by atoms with Gasteiger partial charge in [0, 0.05) is 5.56 Å².